The Morgan fingerprint density at radius 1 is 1.26 bits per heavy atom. The minimum absolute atomic E-state index is 0.00786. The number of nitrogens with zero attached hydrogens (tertiary/aromatic N) is 2. The van der Waals surface area contributed by atoms with Crippen LogP contribution in [0.2, 0.25) is 0 Å². The van der Waals surface area contributed by atoms with Gasteiger partial charge in [0, 0.05) is 19.1 Å². The highest BCUT2D eigenvalue weighted by Gasteiger charge is 2.25. The number of phenolic OH excluding ortho intramolecular Hbond substituents is 2. The Kier molecular flexibility index (Phi) is 5.18. The predicted molar refractivity (Wildman–Crippen MR) is 74.5 cm³/mol. The lowest BCUT2D eigenvalue weighted by molar-refractivity contribution is 0.0673. The van der Waals surface area contributed by atoms with Gasteiger partial charge in [-0.2, -0.15) is 0 Å². The van der Waals surface area contributed by atoms with Crippen molar-refractivity contribution >= 4 is 5.91 Å². The van der Waals surface area contributed by atoms with Gasteiger partial charge in [0.15, 0.2) is 0 Å². The van der Waals surface area contributed by atoms with E-state index in [1.54, 1.807) is 4.90 Å². The van der Waals surface area contributed by atoms with Gasteiger partial charge in [-0.25, -0.2) is 0 Å². The first-order valence-electron chi connectivity index (χ1n) is 6.35. The Labute approximate surface area is 114 Å². The zero-order valence-corrected chi connectivity index (χ0v) is 11.9. The molecule has 0 heterocycles. The van der Waals surface area contributed by atoms with Gasteiger partial charge in [0.2, 0.25) is 0 Å². The molecule has 0 aliphatic rings. The summed E-state index contributed by atoms with van der Waals surface area (Å²) in [4.78, 5) is 16.1. The highest BCUT2D eigenvalue weighted by atomic mass is 16.3. The summed E-state index contributed by atoms with van der Waals surface area (Å²) < 4.78 is 0. The van der Waals surface area contributed by atoms with Gasteiger partial charge in [-0.15, -0.1) is 0 Å². The molecule has 5 heteroatoms. The van der Waals surface area contributed by atoms with Crippen LogP contribution in [-0.2, 0) is 0 Å². The molecule has 19 heavy (non-hydrogen) atoms. The average molecular weight is 266 g/mol. The van der Waals surface area contributed by atoms with Gasteiger partial charge in [-0.05, 0) is 40.1 Å². The maximum atomic E-state index is 12.4. The fraction of sp³-hybridized carbons (Fsp3) is 0.500. The van der Waals surface area contributed by atoms with Gasteiger partial charge in [0.25, 0.3) is 5.91 Å². The van der Waals surface area contributed by atoms with E-state index in [4.69, 9.17) is 0 Å². The molecule has 1 atom stereocenters. The van der Waals surface area contributed by atoms with Crippen LogP contribution in [0.1, 0.15) is 24.2 Å². The second-order valence-electron chi connectivity index (χ2n) is 4.87. The fourth-order valence-corrected chi connectivity index (χ4v) is 2.17. The molecule has 0 saturated heterocycles. The van der Waals surface area contributed by atoms with Crippen LogP contribution in [0.25, 0.3) is 0 Å². The number of likely N-dealkylation sites (N-methyl/N-ethyl adjacent to an activating group) is 2. The Balaban J connectivity index is 3.02. The first-order chi connectivity index (χ1) is 8.88. The number of amides is 1. The van der Waals surface area contributed by atoms with Gasteiger partial charge >= 0.3 is 0 Å². The van der Waals surface area contributed by atoms with Gasteiger partial charge in [0.1, 0.15) is 17.1 Å². The number of rotatable bonds is 5. The Morgan fingerprint density at radius 3 is 2.21 bits per heavy atom. The van der Waals surface area contributed by atoms with Crippen LogP contribution in [0.4, 0.5) is 0 Å². The van der Waals surface area contributed by atoms with E-state index in [-0.39, 0.29) is 29.0 Å². The maximum absolute atomic E-state index is 12.4. The molecular weight excluding hydrogens is 244 g/mol. The molecule has 0 fully saturated rings. The second kappa shape index (κ2) is 6.43. The van der Waals surface area contributed by atoms with Crippen LogP contribution in [-0.4, -0.2) is 59.1 Å². The van der Waals surface area contributed by atoms with E-state index in [2.05, 4.69) is 0 Å². The number of aromatic hydroxyl groups is 2. The van der Waals surface area contributed by atoms with Crippen molar-refractivity contribution in [2.45, 2.75) is 19.9 Å². The molecule has 1 unspecified atom stereocenters. The van der Waals surface area contributed by atoms with Crippen LogP contribution < -0.4 is 0 Å². The van der Waals surface area contributed by atoms with Gasteiger partial charge < -0.3 is 20.0 Å². The largest absolute Gasteiger partial charge is 0.507 e. The molecule has 0 radical (unpaired) electrons. The van der Waals surface area contributed by atoms with Gasteiger partial charge in [-0.3, -0.25) is 4.79 Å². The van der Waals surface area contributed by atoms with Crippen molar-refractivity contribution in [1.29, 1.82) is 0 Å². The molecule has 1 rings (SSSR count). The Hall–Kier alpha value is -1.75. The van der Waals surface area contributed by atoms with E-state index in [1.165, 1.54) is 18.2 Å². The third-order valence-electron chi connectivity index (χ3n) is 3.00. The molecule has 0 aromatic heterocycles. The summed E-state index contributed by atoms with van der Waals surface area (Å²) in [6.45, 7) is 5.05. The summed E-state index contributed by atoms with van der Waals surface area (Å²) in [5, 5.41) is 19.5. The van der Waals surface area contributed by atoms with Crippen molar-refractivity contribution in [1.82, 2.24) is 9.80 Å². The highest BCUT2D eigenvalue weighted by molar-refractivity contribution is 5.99. The molecule has 0 saturated carbocycles. The summed E-state index contributed by atoms with van der Waals surface area (Å²) in [6.07, 6.45) is 0. The summed E-state index contributed by atoms with van der Waals surface area (Å²) in [5.74, 6) is -0.742. The van der Waals surface area contributed by atoms with E-state index in [0.29, 0.717) is 13.1 Å². The van der Waals surface area contributed by atoms with Gasteiger partial charge in [-0.1, -0.05) is 6.07 Å². The lowest BCUT2D eigenvalue weighted by atomic mass is 10.1. The maximum Gasteiger partial charge on any atom is 0.261 e. The smallest absolute Gasteiger partial charge is 0.261 e. The fourth-order valence-electron chi connectivity index (χ4n) is 2.17. The Bertz CT molecular complexity index is 426. The van der Waals surface area contributed by atoms with Crippen LogP contribution in [0.3, 0.4) is 0 Å². The van der Waals surface area contributed by atoms with Crippen molar-refractivity contribution < 1.29 is 15.0 Å². The molecule has 2 N–H and O–H groups in total. The Morgan fingerprint density at radius 2 is 1.79 bits per heavy atom. The second-order valence-corrected chi connectivity index (χ2v) is 4.87. The van der Waals surface area contributed by atoms with E-state index >= 15 is 0 Å². The van der Waals surface area contributed by atoms with Crippen molar-refractivity contribution in [3.8, 4) is 11.5 Å². The lowest BCUT2D eigenvalue weighted by Gasteiger charge is -2.30. The lowest BCUT2D eigenvalue weighted by Crippen LogP contribution is -2.43. The quantitative estimate of drug-likeness (QED) is 0.848. The third-order valence-corrected chi connectivity index (χ3v) is 3.00. The number of hydrogen-bond donors (Lipinski definition) is 2. The molecule has 0 aliphatic carbocycles. The van der Waals surface area contributed by atoms with Crippen LogP contribution in [0.5, 0.6) is 11.5 Å². The predicted octanol–water partition coefficient (Wildman–Crippen LogP) is 1.51. The molecule has 0 bridgehead atoms. The summed E-state index contributed by atoms with van der Waals surface area (Å²) in [6, 6.07) is 4.29. The van der Waals surface area contributed by atoms with Crippen LogP contribution in [0, 0.1) is 0 Å². The summed E-state index contributed by atoms with van der Waals surface area (Å²) in [7, 11) is 3.87. The topological polar surface area (TPSA) is 64.0 Å². The van der Waals surface area contributed by atoms with Crippen molar-refractivity contribution in [2.75, 3.05) is 27.2 Å². The number of phenols is 2. The molecule has 106 valence electrons. The van der Waals surface area contributed by atoms with Crippen LogP contribution in [0.15, 0.2) is 18.2 Å². The normalized spacial score (nSPS) is 12.5. The third kappa shape index (κ3) is 3.61. The standard InChI is InChI=1S/C14H22N2O3/c1-5-16(10(2)9-15(3)4)14(19)13-11(17)7-6-8-12(13)18/h6-8,10,17-18H,5,9H2,1-4H3. The zero-order chi connectivity index (χ0) is 14.6. The average Bonchev–Trinajstić information content (AvgIpc) is 2.28. The molecule has 1 amide bonds. The van der Waals surface area contributed by atoms with Crippen molar-refractivity contribution in [3.63, 3.8) is 0 Å². The first-order valence-corrected chi connectivity index (χ1v) is 6.35. The first kappa shape index (κ1) is 15.3. The number of hydrogen-bond acceptors (Lipinski definition) is 4. The van der Waals surface area contributed by atoms with Crippen molar-refractivity contribution in [3.05, 3.63) is 23.8 Å². The summed E-state index contributed by atoms with van der Waals surface area (Å²) >= 11 is 0. The zero-order valence-electron chi connectivity index (χ0n) is 11.9. The minimum Gasteiger partial charge on any atom is -0.507 e. The molecular formula is C14H22N2O3. The van der Waals surface area contributed by atoms with E-state index in [9.17, 15) is 15.0 Å². The number of benzene rings is 1. The van der Waals surface area contributed by atoms with E-state index in [0.717, 1.165) is 0 Å². The molecule has 1 aromatic carbocycles. The number of carbonyl (C=O) groups is 1. The molecule has 1 aromatic rings. The number of carbonyl (C=O) groups excluding carboxylic acids is 1. The molecule has 0 aliphatic heterocycles. The minimum atomic E-state index is -0.354. The molecule has 5 nitrogen and oxygen atoms in total. The van der Waals surface area contributed by atoms with Gasteiger partial charge in [0.05, 0.1) is 0 Å². The van der Waals surface area contributed by atoms with Crippen LogP contribution >= 0.6 is 0 Å². The molecule has 0 spiro atoms. The van der Waals surface area contributed by atoms with Crippen molar-refractivity contribution in [2.24, 2.45) is 0 Å². The highest BCUT2D eigenvalue weighted by Crippen LogP contribution is 2.28. The summed E-state index contributed by atoms with van der Waals surface area (Å²) in [5.41, 5.74) is -0.0324. The van der Waals surface area contributed by atoms with E-state index < -0.39 is 0 Å². The SMILES string of the molecule is CCN(C(=O)c1c(O)cccc1O)C(C)CN(C)C. The van der Waals surface area contributed by atoms with E-state index in [1.807, 2.05) is 32.8 Å². The monoisotopic (exact) mass is 266 g/mol.